The third kappa shape index (κ3) is 7.49. The smallest absolute Gasteiger partial charge is 0.237 e. The first-order valence-electron chi connectivity index (χ1n) is 9.24. The monoisotopic (exact) mass is 419 g/mol. The van der Waals surface area contributed by atoms with Crippen LogP contribution in [0.2, 0.25) is 0 Å². The Hall–Kier alpha value is -1.01. The van der Waals surface area contributed by atoms with E-state index < -0.39 is 6.04 Å². The Balaban J connectivity index is 0.00000338. The summed E-state index contributed by atoms with van der Waals surface area (Å²) < 4.78 is 5.26. The second-order valence-electron chi connectivity index (χ2n) is 7.97. The van der Waals surface area contributed by atoms with Gasteiger partial charge in [-0.25, -0.2) is 0 Å². The minimum absolute atomic E-state index is 0. The summed E-state index contributed by atoms with van der Waals surface area (Å²) in [5.41, 5.74) is 7.05. The molecular weight excluding hydrogens is 385 g/mol. The van der Waals surface area contributed by atoms with Crippen molar-refractivity contribution >= 4 is 30.7 Å². The van der Waals surface area contributed by atoms with Crippen LogP contribution < -0.4 is 15.8 Å². The molecule has 1 heterocycles. The molecule has 1 saturated heterocycles. The van der Waals surface area contributed by atoms with E-state index in [4.69, 9.17) is 10.5 Å². The number of rotatable bonds is 6. The van der Waals surface area contributed by atoms with Crippen molar-refractivity contribution in [1.29, 1.82) is 0 Å². The molecule has 2 rings (SSSR count). The Morgan fingerprint density at radius 2 is 1.70 bits per heavy atom. The highest BCUT2D eigenvalue weighted by atomic mass is 35.5. The Labute approximate surface area is 176 Å². The molecule has 0 bridgehead atoms. The standard InChI is InChI=1S/C20H33N3O2.2ClH/c1-20(2,3)18(21)19(24)22-14-17(23-12-6-5-7-13-23)15-8-10-16(25-4)11-9-15;;/h8-11,17-18H,5-7,12-14,21H2,1-4H3,(H,22,24);2*1H/t17?,18-;;/m1../s1. The number of carbonyl (C=O) groups is 1. The molecule has 1 aromatic carbocycles. The van der Waals surface area contributed by atoms with E-state index in [2.05, 4.69) is 22.3 Å². The van der Waals surface area contributed by atoms with Crippen LogP contribution >= 0.6 is 24.8 Å². The fourth-order valence-electron chi connectivity index (χ4n) is 3.21. The van der Waals surface area contributed by atoms with Gasteiger partial charge in [-0.05, 0) is 49.0 Å². The van der Waals surface area contributed by atoms with Gasteiger partial charge in [0.2, 0.25) is 5.91 Å². The van der Waals surface area contributed by atoms with E-state index in [1.165, 1.54) is 24.8 Å². The summed E-state index contributed by atoms with van der Waals surface area (Å²) >= 11 is 0. The summed E-state index contributed by atoms with van der Waals surface area (Å²) in [4.78, 5) is 14.9. The summed E-state index contributed by atoms with van der Waals surface area (Å²) in [6.07, 6.45) is 3.71. The average molecular weight is 420 g/mol. The van der Waals surface area contributed by atoms with Crippen LogP contribution in [0.1, 0.15) is 51.6 Å². The number of hydrogen-bond acceptors (Lipinski definition) is 4. The Morgan fingerprint density at radius 1 is 1.15 bits per heavy atom. The SMILES string of the molecule is COc1ccc(C(CNC(=O)[C@@H](N)C(C)(C)C)N2CCCCC2)cc1.Cl.Cl. The van der Waals surface area contributed by atoms with Crippen LogP contribution in [0.3, 0.4) is 0 Å². The van der Waals surface area contributed by atoms with Crippen molar-refractivity contribution < 1.29 is 9.53 Å². The van der Waals surface area contributed by atoms with E-state index in [-0.39, 0.29) is 42.2 Å². The molecular formula is C20H35Cl2N3O2. The molecule has 0 saturated carbocycles. The van der Waals surface area contributed by atoms with Crippen molar-refractivity contribution in [2.75, 3.05) is 26.7 Å². The molecule has 0 aliphatic carbocycles. The van der Waals surface area contributed by atoms with Gasteiger partial charge >= 0.3 is 0 Å². The molecule has 0 aromatic heterocycles. The lowest BCUT2D eigenvalue weighted by molar-refractivity contribution is -0.124. The predicted molar refractivity (Wildman–Crippen MR) is 116 cm³/mol. The van der Waals surface area contributed by atoms with Crippen molar-refractivity contribution in [3.63, 3.8) is 0 Å². The lowest BCUT2D eigenvalue weighted by Gasteiger charge is -2.35. The van der Waals surface area contributed by atoms with Gasteiger partial charge in [0.25, 0.3) is 0 Å². The fraction of sp³-hybridized carbons (Fsp3) is 0.650. The van der Waals surface area contributed by atoms with E-state index in [0.29, 0.717) is 6.54 Å². The maximum absolute atomic E-state index is 12.4. The molecule has 1 aliphatic rings. The molecule has 5 nitrogen and oxygen atoms in total. The van der Waals surface area contributed by atoms with Crippen LogP contribution in [0, 0.1) is 5.41 Å². The zero-order valence-corrected chi connectivity index (χ0v) is 18.5. The molecule has 1 unspecified atom stereocenters. The predicted octanol–water partition coefficient (Wildman–Crippen LogP) is 3.56. The number of hydrogen-bond donors (Lipinski definition) is 2. The van der Waals surface area contributed by atoms with Crippen LogP contribution in [0.4, 0.5) is 0 Å². The van der Waals surface area contributed by atoms with Gasteiger partial charge in [0.1, 0.15) is 5.75 Å². The lowest BCUT2D eigenvalue weighted by atomic mass is 9.87. The first kappa shape index (κ1) is 26.0. The van der Waals surface area contributed by atoms with Gasteiger partial charge in [-0.2, -0.15) is 0 Å². The molecule has 3 N–H and O–H groups in total. The first-order valence-corrected chi connectivity index (χ1v) is 9.24. The first-order chi connectivity index (χ1) is 11.8. The minimum atomic E-state index is -0.509. The van der Waals surface area contributed by atoms with Gasteiger partial charge in [-0.15, -0.1) is 24.8 Å². The molecule has 1 fully saturated rings. The number of halogens is 2. The number of nitrogens with zero attached hydrogens (tertiary/aromatic N) is 1. The van der Waals surface area contributed by atoms with Crippen molar-refractivity contribution in [3.8, 4) is 5.75 Å². The highest BCUT2D eigenvalue weighted by Gasteiger charge is 2.29. The van der Waals surface area contributed by atoms with Gasteiger partial charge in [-0.1, -0.05) is 39.3 Å². The number of methoxy groups -OCH3 is 1. The van der Waals surface area contributed by atoms with E-state index in [9.17, 15) is 4.79 Å². The Morgan fingerprint density at radius 3 is 2.19 bits per heavy atom. The van der Waals surface area contributed by atoms with Crippen LogP contribution in [0.15, 0.2) is 24.3 Å². The third-order valence-corrected chi connectivity index (χ3v) is 5.02. The number of nitrogens with one attached hydrogen (secondary N) is 1. The number of piperidine rings is 1. The largest absolute Gasteiger partial charge is 0.497 e. The van der Waals surface area contributed by atoms with Crippen LogP contribution in [-0.2, 0) is 4.79 Å². The molecule has 7 heteroatoms. The number of benzene rings is 1. The van der Waals surface area contributed by atoms with Gasteiger partial charge < -0.3 is 15.8 Å². The maximum atomic E-state index is 12.4. The summed E-state index contributed by atoms with van der Waals surface area (Å²) in [5, 5.41) is 3.08. The minimum Gasteiger partial charge on any atom is -0.497 e. The molecule has 0 spiro atoms. The zero-order chi connectivity index (χ0) is 18.4. The average Bonchev–Trinajstić information content (AvgIpc) is 2.61. The number of amides is 1. The van der Waals surface area contributed by atoms with Gasteiger partial charge in [0.05, 0.1) is 19.2 Å². The lowest BCUT2D eigenvalue weighted by Crippen LogP contribution is -2.50. The van der Waals surface area contributed by atoms with Crippen molar-refractivity contribution in [2.24, 2.45) is 11.1 Å². The van der Waals surface area contributed by atoms with E-state index >= 15 is 0 Å². The zero-order valence-electron chi connectivity index (χ0n) is 16.9. The van der Waals surface area contributed by atoms with Crippen molar-refractivity contribution in [3.05, 3.63) is 29.8 Å². The maximum Gasteiger partial charge on any atom is 0.237 e. The fourth-order valence-corrected chi connectivity index (χ4v) is 3.21. The van der Waals surface area contributed by atoms with Gasteiger partial charge in [0, 0.05) is 6.54 Å². The van der Waals surface area contributed by atoms with Crippen molar-refractivity contribution in [1.82, 2.24) is 10.2 Å². The Bertz CT molecular complexity index is 555. The van der Waals surface area contributed by atoms with E-state index in [1.807, 2.05) is 32.9 Å². The summed E-state index contributed by atoms with van der Waals surface area (Å²) in [5.74, 6) is 0.767. The number of ether oxygens (including phenoxy) is 1. The van der Waals surface area contributed by atoms with E-state index in [0.717, 1.165) is 18.8 Å². The topological polar surface area (TPSA) is 67.6 Å². The summed E-state index contributed by atoms with van der Waals surface area (Å²) in [7, 11) is 1.67. The van der Waals surface area contributed by atoms with Crippen molar-refractivity contribution in [2.45, 2.75) is 52.1 Å². The molecule has 156 valence electrons. The number of carbonyl (C=O) groups excluding carboxylic acids is 1. The van der Waals surface area contributed by atoms with Gasteiger partial charge in [-0.3, -0.25) is 9.69 Å². The number of nitrogens with two attached hydrogens (primary N) is 1. The number of likely N-dealkylation sites (tertiary alicyclic amines) is 1. The van der Waals surface area contributed by atoms with Crippen LogP contribution in [0.5, 0.6) is 5.75 Å². The molecule has 1 aliphatic heterocycles. The molecule has 0 radical (unpaired) electrons. The van der Waals surface area contributed by atoms with Gasteiger partial charge in [0.15, 0.2) is 0 Å². The summed E-state index contributed by atoms with van der Waals surface area (Å²) in [6, 6.07) is 7.80. The van der Waals surface area contributed by atoms with Crippen LogP contribution in [0.25, 0.3) is 0 Å². The normalized spacial score (nSPS) is 17.1. The second kappa shape index (κ2) is 11.7. The highest BCUT2D eigenvalue weighted by molar-refractivity contribution is 5.85. The van der Waals surface area contributed by atoms with E-state index in [1.54, 1.807) is 7.11 Å². The Kier molecular flexibility index (Phi) is 11.3. The molecule has 2 atom stereocenters. The summed E-state index contributed by atoms with van der Waals surface area (Å²) in [6.45, 7) is 8.68. The second-order valence-corrected chi connectivity index (χ2v) is 7.97. The molecule has 27 heavy (non-hydrogen) atoms. The molecule has 1 aromatic rings. The molecule has 1 amide bonds. The quantitative estimate of drug-likeness (QED) is 0.739. The van der Waals surface area contributed by atoms with Crippen LogP contribution in [-0.4, -0.2) is 43.6 Å². The highest BCUT2D eigenvalue weighted by Crippen LogP contribution is 2.26. The third-order valence-electron chi connectivity index (χ3n) is 5.02.